The summed E-state index contributed by atoms with van der Waals surface area (Å²) < 4.78 is 0. The lowest BCUT2D eigenvalue weighted by Gasteiger charge is -2.15. The molecule has 0 fully saturated rings. The number of carbonyl (C=O) groups is 1. The minimum absolute atomic E-state index is 0.0887. The number of fused-ring (bicyclic) bond motifs is 1. The van der Waals surface area contributed by atoms with Crippen molar-refractivity contribution in [1.82, 2.24) is 5.32 Å². The molecule has 0 spiro atoms. The van der Waals surface area contributed by atoms with Gasteiger partial charge < -0.3 is 11.1 Å². The van der Waals surface area contributed by atoms with E-state index >= 15 is 0 Å². The Balaban J connectivity index is 2.15. The van der Waals surface area contributed by atoms with Gasteiger partial charge in [0, 0.05) is 5.02 Å². The van der Waals surface area contributed by atoms with Crippen molar-refractivity contribution in [2.45, 2.75) is 31.8 Å². The maximum absolute atomic E-state index is 11.5. The SMILES string of the molecule is C[C@@H](N)C(=O)NC1CCc2cc(Cl)ccc21. The van der Waals surface area contributed by atoms with E-state index in [0.29, 0.717) is 0 Å². The molecule has 0 aromatic heterocycles. The molecule has 0 saturated heterocycles. The highest BCUT2D eigenvalue weighted by Gasteiger charge is 2.24. The summed E-state index contributed by atoms with van der Waals surface area (Å²) >= 11 is 5.92. The number of hydrogen-bond donors (Lipinski definition) is 2. The zero-order chi connectivity index (χ0) is 11.7. The molecule has 3 N–H and O–H groups in total. The summed E-state index contributed by atoms with van der Waals surface area (Å²) in [6.07, 6.45) is 1.88. The van der Waals surface area contributed by atoms with Gasteiger partial charge in [0.15, 0.2) is 0 Å². The van der Waals surface area contributed by atoms with Crippen LogP contribution in [0.3, 0.4) is 0 Å². The molecule has 0 saturated carbocycles. The van der Waals surface area contributed by atoms with Crippen molar-refractivity contribution in [3.63, 3.8) is 0 Å². The van der Waals surface area contributed by atoms with E-state index in [0.717, 1.165) is 17.9 Å². The van der Waals surface area contributed by atoms with E-state index in [2.05, 4.69) is 5.32 Å². The molecule has 16 heavy (non-hydrogen) atoms. The van der Waals surface area contributed by atoms with Crippen LogP contribution in [-0.4, -0.2) is 11.9 Å². The monoisotopic (exact) mass is 238 g/mol. The Bertz CT molecular complexity index is 417. The molecule has 2 atom stereocenters. The number of hydrogen-bond acceptors (Lipinski definition) is 2. The predicted molar refractivity (Wildman–Crippen MR) is 64.3 cm³/mol. The highest BCUT2D eigenvalue weighted by molar-refractivity contribution is 6.30. The Hall–Kier alpha value is -1.06. The van der Waals surface area contributed by atoms with E-state index in [4.69, 9.17) is 17.3 Å². The van der Waals surface area contributed by atoms with E-state index in [1.165, 1.54) is 11.1 Å². The number of halogens is 1. The van der Waals surface area contributed by atoms with Crippen LogP contribution in [0.2, 0.25) is 5.02 Å². The Morgan fingerprint density at radius 3 is 3.06 bits per heavy atom. The zero-order valence-electron chi connectivity index (χ0n) is 9.16. The second kappa shape index (κ2) is 4.44. The Labute approximate surface area is 100.0 Å². The maximum Gasteiger partial charge on any atom is 0.237 e. The normalized spacial score (nSPS) is 20.3. The van der Waals surface area contributed by atoms with Gasteiger partial charge in [-0.1, -0.05) is 17.7 Å². The van der Waals surface area contributed by atoms with Crippen molar-refractivity contribution in [2.75, 3.05) is 0 Å². The van der Waals surface area contributed by atoms with E-state index in [9.17, 15) is 4.79 Å². The third-order valence-corrected chi connectivity index (χ3v) is 3.15. The second-order valence-electron chi connectivity index (χ2n) is 4.23. The van der Waals surface area contributed by atoms with Gasteiger partial charge in [-0.25, -0.2) is 0 Å². The summed E-state index contributed by atoms with van der Waals surface area (Å²) in [7, 11) is 0. The Morgan fingerprint density at radius 1 is 1.62 bits per heavy atom. The smallest absolute Gasteiger partial charge is 0.237 e. The Morgan fingerprint density at radius 2 is 2.38 bits per heavy atom. The molecule has 1 aromatic rings. The van der Waals surface area contributed by atoms with Crippen LogP contribution in [0.4, 0.5) is 0 Å². The number of carbonyl (C=O) groups excluding carboxylic acids is 1. The molecule has 1 amide bonds. The first-order valence-electron chi connectivity index (χ1n) is 5.42. The topological polar surface area (TPSA) is 55.1 Å². The highest BCUT2D eigenvalue weighted by Crippen LogP contribution is 2.32. The third kappa shape index (κ3) is 2.20. The van der Waals surface area contributed by atoms with Crippen LogP contribution < -0.4 is 11.1 Å². The van der Waals surface area contributed by atoms with Crippen molar-refractivity contribution in [2.24, 2.45) is 5.73 Å². The van der Waals surface area contributed by atoms with Crippen molar-refractivity contribution < 1.29 is 4.79 Å². The highest BCUT2D eigenvalue weighted by atomic mass is 35.5. The van der Waals surface area contributed by atoms with Crippen LogP contribution in [0, 0.1) is 0 Å². The van der Waals surface area contributed by atoms with Crippen molar-refractivity contribution in [3.05, 3.63) is 34.3 Å². The summed E-state index contributed by atoms with van der Waals surface area (Å²) in [6, 6.07) is 5.43. The van der Waals surface area contributed by atoms with Gasteiger partial charge in [-0.15, -0.1) is 0 Å². The standard InChI is InChI=1S/C12H15ClN2O/c1-7(14)12(16)15-11-5-2-8-6-9(13)3-4-10(8)11/h3-4,6-7,11H,2,5,14H2,1H3,(H,15,16)/t7-,11?/m1/s1. The number of benzene rings is 1. The first-order valence-corrected chi connectivity index (χ1v) is 5.80. The van der Waals surface area contributed by atoms with Crippen LogP contribution in [0.15, 0.2) is 18.2 Å². The molecule has 0 bridgehead atoms. The van der Waals surface area contributed by atoms with Crippen LogP contribution >= 0.6 is 11.6 Å². The van der Waals surface area contributed by atoms with Gasteiger partial charge in [-0.05, 0) is 43.0 Å². The van der Waals surface area contributed by atoms with E-state index in [-0.39, 0.29) is 11.9 Å². The lowest BCUT2D eigenvalue weighted by atomic mass is 10.1. The van der Waals surface area contributed by atoms with Crippen LogP contribution in [0.5, 0.6) is 0 Å². The fraction of sp³-hybridized carbons (Fsp3) is 0.417. The van der Waals surface area contributed by atoms with Crippen molar-refractivity contribution in [3.8, 4) is 0 Å². The minimum Gasteiger partial charge on any atom is -0.348 e. The quantitative estimate of drug-likeness (QED) is 0.826. The van der Waals surface area contributed by atoms with Gasteiger partial charge >= 0.3 is 0 Å². The zero-order valence-corrected chi connectivity index (χ0v) is 9.92. The molecule has 1 unspecified atom stereocenters. The molecule has 2 rings (SSSR count). The van der Waals surface area contributed by atoms with Gasteiger partial charge in [0.05, 0.1) is 12.1 Å². The molecular formula is C12H15ClN2O. The molecule has 0 aliphatic heterocycles. The molecule has 0 heterocycles. The summed E-state index contributed by atoms with van der Waals surface area (Å²) in [6.45, 7) is 1.69. The van der Waals surface area contributed by atoms with Crippen LogP contribution in [0.1, 0.15) is 30.5 Å². The van der Waals surface area contributed by atoms with Gasteiger partial charge in [-0.2, -0.15) is 0 Å². The molecule has 3 nitrogen and oxygen atoms in total. The number of aryl methyl sites for hydroxylation is 1. The molecule has 0 radical (unpaired) electrons. The van der Waals surface area contributed by atoms with Crippen LogP contribution in [0.25, 0.3) is 0 Å². The predicted octanol–water partition coefficient (Wildman–Crippen LogP) is 1.79. The van der Waals surface area contributed by atoms with Gasteiger partial charge in [-0.3, -0.25) is 4.79 Å². The maximum atomic E-state index is 11.5. The lowest BCUT2D eigenvalue weighted by molar-refractivity contribution is -0.122. The van der Waals surface area contributed by atoms with E-state index in [1.807, 2.05) is 18.2 Å². The molecule has 86 valence electrons. The summed E-state index contributed by atoms with van der Waals surface area (Å²) in [5.41, 5.74) is 7.91. The first kappa shape index (κ1) is 11.4. The molecule has 4 heteroatoms. The fourth-order valence-electron chi connectivity index (χ4n) is 2.04. The third-order valence-electron chi connectivity index (χ3n) is 2.91. The van der Waals surface area contributed by atoms with Crippen LogP contribution in [-0.2, 0) is 11.2 Å². The summed E-state index contributed by atoms with van der Waals surface area (Å²) in [5, 5.41) is 3.70. The first-order chi connectivity index (χ1) is 7.58. The van der Waals surface area contributed by atoms with Gasteiger partial charge in [0.25, 0.3) is 0 Å². The number of nitrogens with one attached hydrogen (secondary N) is 1. The number of rotatable bonds is 2. The molecule has 1 aliphatic carbocycles. The molecule has 1 aliphatic rings. The van der Waals surface area contributed by atoms with Crippen molar-refractivity contribution in [1.29, 1.82) is 0 Å². The lowest BCUT2D eigenvalue weighted by Crippen LogP contribution is -2.39. The minimum atomic E-state index is -0.462. The average Bonchev–Trinajstić information content (AvgIpc) is 2.60. The molecular weight excluding hydrogens is 224 g/mol. The van der Waals surface area contributed by atoms with E-state index < -0.39 is 6.04 Å². The van der Waals surface area contributed by atoms with E-state index in [1.54, 1.807) is 6.92 Å². The van der Waals surface area contributed by atoms with Crippen molar-refractivity contribution >= 4 is 17.5 Å². The van der Waals surface area contributed by atoms with Gasteiger partial charge in [0.2, 0.25) is 5.91 Å². The fourth-order valence-corrected chi connectivity index (χ4v) is 2.23. The Kier molecular flexibility index (Phi) is 3.17. The summed E-state index contributed by atoms with van der Waals surface area (Å²) in [5.74, 6) is -0.104. The largest absolute Gasteiger partial charge is 0.348 e. The summed E-state index contributed by atoms with van der Waals surface area (Å²) in [4.78, 5) is 11.5. The molecule has 1 aromatic carbocycles. The second-order valence-corrected chi connectivity index (χ2v) is 4.67. The number of amides is 1. The number of nitrogens with two attached hydrogens (primary N) is 1. The van der Waals surface area contributed by atoms with Gasteiger partial charge in [0.1, 0.15) is 0 Å². The average molecular weight is 239 g/mol.